The molecule has 0 bridgehead atoms. The van der Waals surface area contributed by atoms with Crippen molar-refractivity contribution < 1.29 is 9.18 Å². The van der Waals surface area contributed by atoms with E-state index in [9.17, 15) is 9.18 Å². The number of nitrogens with two attached hydrogens (primary N) is 1. The van der Waals surface area contributed by atoms with E-state index in [0.29, 0.717) is 0 Å². The van der Waals surface area contributed by atoms with Crippen LogP contribution in [0, 0.1) is 5.82 Å². The van der Waals surface area contributed by atoms with Crippen molar-refractivity contribution in [3.05, 3.63) is 12.0 Å². The number of anilines is 2. The van der Waals surface area contributed by atoms with Crippen LogP contribution >= 0.6 is 0 Å². The number of hydrogen-bond acceptors (Lipinski definition) is 5. The van der Waals surface area contributed by atoms with Gasteiger partial charge < -0.3 is 16.4 Å². The van der Waals surface area contributed by atoms with Gasteiger partial charge in [0.1, 0.15) is 0 Å². The second-order valence-electron chi connectivity index (χ2n) is 4.90. The predicted octanol–water partition coefficient (Wildman–Crippen LogP) is 0.915. The molecule has 0 saturated carbocycles. The molecule has 4 N–H and O–H groups in total. The molecule has 0 unspecified atom stereocenters. The monoisotopic (exact) mass is 255 g/mol. The van der Waals surface area contributed by atoms with Gasteiger partial charge in [-0.15, -0.1) is 0 Å². The number of carbonyl (C=O) groups is 1. The smallest absolute Gasteiger partial charge is 0.222 e. The molecule has 18 heavy (non-hydrogen) atoms. The molecule has 1 aromatic rings. The maximum absolute atomic E-state index is 13.2. The highest BCUT2D eigenvalue weighted by Gasteiger charge is 2.13. The number of hydrogen-bond donors (Lipinski definition) is 3. The summed E-state index contributed by atoms with van der Waals surface area (Å²) in [6.45, 7) is 5.95. The van der Waals surface area contributed by atoms with E-state index < -0.39 is 5.82 Å². The highest BCUT2D eigenvalue weighted by atomic mass is 19.1. The number of nitrogens with zero attached hydrogens (tertiary/aromatic N) is 2. The van der Waals surface area contributed by atoms with Gasteiger partial charge in [-0.1, -0.05) is 0 Å². The molecule has 0 aliphatic rings. The van der Waals surface area contributed by atoms with Crippen LogP contribution in [0.25, 0.3) is 0 Å². The first kappa shape index (κ1) is 14.1. The zero-order chi connectivity index (χ0) is 13.8. The zero-order valence-electron chi connectivity index (χ0n) is 10.7. The number of halogens is 1. The molecule has 1 aromatic heterocycles. The summed E-state index contributed by atoms with van der Waals surface area (Å²) in [5.74, 6) is -0.720. The van der Waals surface area contributed by atoms with Crippen LogP contribution in [0.2, 0.25) is 0 Å². The van der Waals surface area contributed by atoms with E-state index in [1.54, 1.807) is 0 Å². The van der Waals surface area contributed by atoms with Crippen molar-refractivity contribution in [2.45, 2.75) is 32.7 Å². The van der Waals surface area contributed by atoms with E-state index in [2.05, 4.69) is 20.6 Å². The minimum absolute atomic E-state index is 0.00561. The van der Waals surface area contributed by atoms with Crippen molar-refractivity contribution >= 4 is 17.7 Å². The van der Waals surface area contributed by atoms with Crippen LogP contribution in [0.5, 0.6) is 0 Å². The average molecular weight is 255 g/mol. The first-order chi connectivity index (χ1) is 8.28. The van der Waals surface area contributed by atoms with Crippen LogP contribution in [0.1, 0.15) is 27.2 Å². The van der Waals surface area contributed by atoms with Crippen LogP contribution in [-0.2, 0) is 4.79 Å². The van der Waals surface area contributed by atoms with Crippen molar-refractivity contribution in [1.82, 2.24) is 15.3 Å². The quantitative estimate of drug-likeness (QED) is 0.743. The summed E-state index contributed by atoms with van der Waals surface area (Å²) in [5.41, 5.74) is 5.06. The van der Waals surface area contributed by atoms with Gasteiger partial charge in [0.05, 0.1) is 6.20 Å². The van der Waals surface area contributed by atoms with Crippen molar-refractivity contribution in [3.63, 3.8) is 0 Å². The van der Waals surface area contributed by atoms with Gasteiger partial charge in [0, 0.05) is 18.5 Å². The highest BCUT2D eigenvalue weighted by molar-refractivity contribution is 5.77. The lowest BCUT2D eigenvalue weighted by Gasteiger charge is -2.20. The third-order valence-electron chi connectivity index (χ3n) is 1.92. The van der Waals surface area contributed by atoms with Gasteiger partial charge in [0.2, 0.25) is 11.9 Å². The lowest BCUT2D eigenvalue weighted by atomic mass is 10.1. The van der Waals surface area contributed by atoms with Crippen LogP contribution in [0.4, 0.5) is 16.2 Å². The third-order valence-corrected chi connectivity index (χ3v) is 1.92. The molecule has 100 valence electrons. The molecule has 0 fully saturated rings. The van der Waals surface area contributed by atoms with Crippen molar-refractivity contribution in [3.8, 4) is 0 Å². The molecular formula is C11H18FN5O. The van der Waals surface area contributed by atoms with Crippen LogP contribution < -0.4 is 16.4 Å². The lowest BCUT2D eigenvalue weighted by Crippen LogP contribution is -2.41. The zero-order valence-corrected chi connectivity index (χ0v) is 10.7. The van der Waals surface area contributed by atoms with E-state index in [-0.39, 0.29) is 36.2 Å². The summed E-state index contributed by atoms with van der Waals surface area (Å²) in [4.78, 5) is 18.7. The summed E-state index contributed by atoms with van der Waals surface area (Å²) in [5, 5.41) is 5.50. The summed E-state index contributed by atoms with van der Waals surface area (Å²) >= 11 is 0. The topological polar surface area (TPSA) is 92.9 Å². The third kappa shape index (κ3) is 4.94. The molecule has 0 aliphatic heterocycles. The molecule has 1 amide bonds. The average Bonchev–Trinajstić information content (AvgIpc) is 2.20. The minimum atomic E-state index is -0.597. The van der Waals surface area contributed by atoms with Crippen molar-refractivity contribution in [1.29, 1.82) is 0 Å². The molecule has 0 atom stereocenters. The Morgan fingerprint density at radius 3 is 2.78 bits per heavy atom. The van der Waals surface area contributed by atoms with E-state index in [0.717, 1.165) is 6.20 Å². The van der Waals surface area contributed by atoms with Gasteiger partial charge in [0.15, 0.2) is 11.6 Å². The fourth-order valence-electron chi connectivity index (χ4n) is 1.28. The van der Waals surface area contributed by atoms with Crippen molar-refractivity contribution in [2.75, 3.05) is 17.6 Å². The number of nitrogen functional groups attached to an aromatic ring is 1. The molecule has 1 heterocycles. The summed E-state index contributed by atoms with van der Waals surface area (Å²) < 4.78 is 13.2. The Labute approximate surface area is 105 Å². The molecule has 0 aromatic carbocycles. The van der Waals surface area contributed by atoms with Crippen LogP contribution in [0.3, 0.4) is 0 Å². The maximum Gasteiger partial charge on any atom is 0.222 e. The summed E-state index contributed by atoms with van der Waals surface area (Å²) in [6.07, 6.45) is 1.21. The Balaban J connectivity index is 2.42. The van der Waals surface area contributed by atoms with Gasteiger partial charge in [0.25, 0.3) is 0 Å². The van der Waals surface area contributed by atoms with Gasteiger partial charge in [-0.2, -0.15) is 4.98 Å². The van der Waals surface area contributed by atoms with Gasteiger partial charge in [-0.25, -0.2) is 9.37 Å². The first-order valence-electron chi connectivity index (χ1n) is 5.61. The van der Waals surface area contributed by atoms with Gasteiger partial charge >= 0.3 is 0 Å². The number of carbonyl (C=O) groups excluding carboxylic acids is 1. The maximum atomic E-state index is 13.2. The standard InChI is InChI=1S/C11H18FN5O/c1-11(2,3)17-8(18)4-5-14-9-7(12)6-15-10(13)16-9/h6H,4-5H2,1-3H3,(H,17,18)(H3,13,14,15,16). The van der Waals surface area contributed by atoms with Crippen molar-refractivity contribution in [2.24, 2.45) is 0 Å². The van der Waals surface area contributed by atoms with Gasteiger partial charge in [-0.3, -0.25) is 4.79 Å². The van der Waals surface area contributed by atoms with E-state index in [1.165, 1.54) is 0 Å². The molecule has 0 saturated heterocycles. The predicted molar refractivity (Wildman–Crippen MR) is 67.4 cm³/mol. The Bertz CT molecular complexity index is 430. The molecule has 0 spiro atoms. The van der Waals surface area contributed by atoms with Crippen LogP contribution in [-0.4, -0.2) is 28.0 Å². The molecule has 1 rings (SSSR count). The summed E-state index contributed by atoms with van der Waals surface area (Å²) in [6, 6.07) is 0. The Hall–Kier alpha value is -1.92. The minimum Gasteiger partial charge on any atom is -0.368 e. The number of rotatable bonds is 4. The first-order valence-corrected chi connectivity index (χ1v) is 5.61. The SMILES string of the molecule is CC(C)(C)NC(=O)CCNc1nc(N)ncc1F. The normalized spacial score (nSPS) is 11.1. The molecule has 7 heteroatoms. The number of amides is 1. The van der Waals surface area contributed by atoms with Gasteiger partial charge in [-0.05, 0) is 20.8 Å². The molecule has 0 radical (unpaired) electrons. The summed E-state index contributed by atoms with van der Waals surface area (Å²) in [7, 11) is 0. The second-order valence-corrected chi connectivity index (χ2v) is 4.90. The fraction of sp³-hybridized carbons (Fsp3) is 0.545. The Morgan fingerprint density at radius 1 is 1.50 bits per heavy atom. The molecule has 0 aliphatic carbocycles. The second kappa shape index (κ2) is 5.61. The number of aromatic nitrogens is 2. The largest absolute Gasteiger partial charge is 0.368 e. The fourth-order valence-corrected chi connectivity index (χ4v) is 1.28. The molecule has 6 nitrogen and oxygen atoms in total. The highest BCUT2D eigenvalue weighted by Crippen LogP contribution is 2.09. The van der Waals surface area contributed by atoms with E-state index >= 15 is 0 Å². The number of nitrogens with one attached hydrogen (secondary N) is 2. The van der Waals surface area contributed by atoms with E-state index in [1.807, 2.05) is 20.8 Å². The Kier molecular flexibility index (Phi) is 4.41. The Morgan fingerprint density at radius 2 is 2.17 bits per heavy atom. The van der Waals surface area contributed by atoms with Crippen LogP contribution in [0.15, 0.2) is 6.20 Å². The van der Waals surface area contributed by atoms with E-state index in [4.69, 9.17) is 5.73 Å². The molecular weight excluding hydrogens is 237 g/mol. The lowest BCUT2D eigenvalue weighted by molar-refractivity contribution is -0.122.